The quantitative estimate of drug-likeness (QED) is 0.823. The molecule has 2 rings (SSSR count). The van der Waals surface area contributed by atoms with Gasteiger partial charge < -0.3 is 10.1 Å². The molecule has 3 nitrogen and oxygen atoms in total. The van der Waals surface area contributed by atoms with Gasteiger partial charge in [0.2, 0.25) is 0 Å². The summed E-state index contributed by atoms with van der Waals surface area (Å²) in [7, 11) is 1.42. The van der Waals surface area contributed by atoms with Gasteiger partial charge in [0.1, 0.15) is 5.54 Å². The maximum atomic E-state index is 11.7. The Balaban J connectivity index is 2.15. The normalized spacial score (nSPS) is 28.1. The van der Waals surface area contributed by atoms with Crippen molar-refractivity contribution >= 4 is 17.6 Å². The van der Waals surface area contributed by atoms with E-state index in [1.165, 1.54) is 7.11 Å². The summed E-state index contributed by atoms with van der Waals surface area (Å²) in [6.07, 6.45) is 0.736. The summed E-state index contributed by atoms with van der Waals surface area (Å²) < 4.78 is 4.82. The molecule has 1 fully saturated rings. The third-order valence-electron chi connectivity index (χ3n) is 3.35. The van der Waals surface area contributed by atoms with Gasteiger partial charge in [-0.1, -0.05) is 23.7 Å². The van der Waals surface area contributed by atoms with Crippen LogP contribution in [0.15, 0.2) is 24.3 Å². The number of ether oxygens (including phenoxy) is 1. The molecule has 1 aliphatic heterocycles. The summed E-state index contributed by atoms with van der Waals surface area (Å²) in [5.41, 5.74) is 0.583. The molecule has 0 aliphatic carbocycles. The number of methoxy groups -OCH3 is 1. The fourth-order valence-corrected chi connectivity index (χ4v) is 2.56. The van der Waals surface area contributed by atoms with E-state index in [1.807, 2.05) is 31.2 Å². The highest BCUT2D eigenvalue weighted by atomic mass is 35.5. The van der Waals surface area contributed by atoms with E-state index in [4.69, 9.17) is 16.3 Å². The number of halogens is 1. The first-order chi connectivity index (χ1) is 8.05. The Morgan fingerprint density at radius 2 is 2.35 bits per heavy atom. The fourth-order valence-electron chi connectivity index (χ4n) is 2.36. The smallest absolute Gasteiger partial charge is 0.325 e. The van der Waals surface area contributed by atoms with Crippen LogP contribution in [0.5, 0.6) is 0 Å². The molecule has 1 aliphatic rings. The van der Waals surface area contributed by atoms with Gasteiger partial charge in [0.25, 0.3) is 0 Å². The van der Waals surface area contributed by atoms with E-state index < -0.39 is 5.54 Å². The zero-order chi connectivity index (χ0) is 12.5. The summed E-state index contributed by atoms with van der Waals surface area (Å²) in [6, 6.07) is 7.79. The van der Waals surface area contributed by atoms with Crippen LogP contribution in [0, 0.1) is 0 Å². The lowest BCUT2D eigenvalue weighted by molar-refractivity contribution is -0.147. The zero-order valence-corrected chi connectivity index (χ0v) is 10.8. The lowest BCUT2D eigenvalue weighted by Gasteiger charge is -2.20. The molecule has 2 atom stereocenters. The van der Waals surface area contributed by atoms with E-state index in [1.54, 1.807) is 0 Å². The molecule has 17 heavy (non-hydrogen) atoms. The summed E-state index contributed by atoms with van der Waals surface area (Å²) in [6.45, 7) is 2.65. The van der Waals surface area contributed by atoms with Crippen molar-refractivity contribution in [2.75, 3.05) is 13.7 Å². The molecule has 1 aromatic rings. The predicted octanol–water partition coefficient (Wildman–Crippen LogP) is 2.35. The van der Waals surface area contributed by atoms with Crippen LogP contribution in [0.25, 0.3) is 0 Å². The number of esters is 1. The van der Waals surface area contributed by atoms with Crippen molar-refractivity contribution in [2.45, 2.75) is 24.8 Å². The van der Waals surface area contributed by atoms with Crippen LogP contribution in [0.3, 0.4) is 0 Å². The summed E-state index contributed by atoms with van der Waals surface area (Å²) in [5, 5.41) is 3.96. The number of carbonyl (C=O) groups is 1. The van der Waals surface area contributed by atoms with Crippen LogP contribution >= 0.6 is 11.6 Å². The van der Waals surface area contributed by atoms with Crippen LogP contribution in [0.2, 0.25) is 5.02 Å². The standard InChI is InChI=1S/C13H16ClNO2/c1-13(12(16)17-2)7-10(8-15-13)9-4-3-5-11(14)6-9/h3-6,10,15H,7-8H2,1-2H3. The highest BCUT2D eigenvalue weighted by molar-refractivity contribution is 6.30. The molecule has 0 saturated carbocycles. The van der Waals surface area contributed by atoms with E-state index >= 15 is 0 Å². The van der Waals surface area contributed by atoms with Crippen LogP contribution in [0.4, 0.5) is 0 Å². The molecular weight excluding hydrogens is 238 g/mol. The molecule has 4 heteroatoms. The molecule has 2 unspecified atom stereocenters. The van der Waals surface area contributed by atoms with Crippen molar-refractivity contribution in [1.82, 2.24) is 5.32 Å². The van der Waals surface area contributed by atoms with Gasteiger partial charge in [0.15, 0.2) is 0 Å². The van der Waals surface area contributed by atoms with Gasteiger partial charge >= 0.3 is 5.97 Å². The van der Waals surface area contributed by atoms with Gasteiger partial charge in [-0.25, -0.2) is 0 Å². The maximum absolute atomic E-state index is 11.7. The van der Waals surface area contributed by atoms with E-state index in [0.717, 1.165) is 23.6 Å². The van der Waals surface area contributed by atoms with Gasteiger partial charge in [0.05, 0.1) is 7.11 Å². The SMILES string of the molecule is COC(=O)C1(C)CC(c2cccc(Cl)c2)CN1. The number of nitrogens with one attached hydrogen (secondary N) is 1. The van der Waals surface area contributed by atoms with Crippen molar-refractivity contribution in [3.63, 3.8) is 0 Å². The first-order valence-electron chi connectivity index (χ1n) is 5.64. The lowest BCUT2D eigenvalue weighted by Crippen LogP contribution is -2.45. The number of rotatable bonds is 2. The Labute approximate surface area is 106 Å². The minimum Gasteiger partial charge on any atom is -0.468 e. The molecule has 0 aromatic heterocycles. The van der Waals surface area contributed by atoms with Gasteiger partial charge in [-0.05, 0) is 37.0 Å². The topological polar surface area (TPSA) is 38.3 Å². The third-order valence-corrected chi connectivity index (χ3v) is 3.58. The first kappa shape index (κ1) is 12.4. The van der Waals surface area contributed by atoms with Crippen LogP contribution in [-0.2, 0) is 9.53 Å². The van der Waals surface area contributed by atoms with Crippen molar-refractivity contribution < 1.29 is 9.53 Å². The van der Waals surface area contributed by atoms with Crippen LogP contribution < -0.4 is 5.32 Å². The Hall–Kier alpha value is -1.06. The molecule has 0 spiro atoms. The molecular formula is C13H16ClNO2. The zero-order valence-electron chi connectivity index (χ0n) is 10.00. The van der Waals surface area contributed by atoms with Gasteiger partial charge in [-0.3, -0.25) is 4.79 Å². The molecule has 0 amide bonds. The van der Waals surface area contributed by atoms with E-state index in [0.29, 0.717) is 5.92 Å². The molecule has 0 bridgehead atoms. The van der Waals surface area contributed by atoms with Crippen LogP contribution in [-0.4, -0.2) is 25.2 Å². The Morgan fingerprint density at radius 3 is 3.00 bits per heavy atom. The number of hydrogen-bond donors (Lipinski definition) is 1. The minimum absolute atomic E-state index is 0.206. The molecule has 1 saturated heterocycles. The minimum atomic E-state index is -0.582. The molecule has 1 aromatic carbocycles. The largest absolute Gasteiger partial charge is 0.468 e. The third kappa shape index (κ3) is 2.45. The predicted molar refractivity (Wildman–Crippen MR) is 67.2 cm³/mol. The molecule has 1 heterocycles. The van der Waals surface area contributed by atoms with Crippen molar-refractivity contribution in [3.05, 3.63) is 34.9 Å². The average molecular weight is 254 g/mol. The highest BCUT2D eigenvalue weighted by Gasteiger charge is 2.42. The highest BCUT2D eigenvalue weighted by Crippen LogP contribution is 2.33. The molecule has 1 N–H and O–H groups in total. The monoisotopic (exact) mass is 253 g/mol. The molecule has 0 radical (unpaired) electrons. The summed E-state index contributed by atoms with van der Waals surface area (Å²) >= 11 is 5.97. The van der Waals surface area contributed by atoms with E-state index in [9.17, 15) is 4.79 Å². The van der Waals surface area contributed by atoms with Crippen molar-refractivity contribution in [3.8, 4) is 0 Å². The van der Waals surface area contributed by atoms with Crippen molar-refractivity contribution in [2.24, 2.45) is 0 Å². The number of benzene rings is 1. The second-order valence-electron chi connectivity index (χ2n) is 4.66. The van der Waals surface area contributed by atoms with E-state index in [2.05, 4.69) is 5.32 Å². The lowest BCUT2D eigenvalue weighted by atomic mass is 9.90. The van der Waals surface area contributed by atoms with Gasteiger partial charge in [0, 0.05) is 11.6 Å². The molecule has 92 valence electrons. The number of carbonyl (C=O) groups excluding carboxylic acids is 1. The second kappa shape index (κ2) is 4.67. The number of hydrogen-bond acceptors (Lipinski definition) is 3. The maximum Gasteiger partial charge on any atom is 0.325 e. The van der Waals surface area contributed by atoms with E-state index in [-0.39, 0.29) is 5.97 Å². The summed E-state index contributed by atoms with van der Waals surface area (Å²) in [4.78, 5) is 11.7. The Bertz CT molecular complexity index is 435. The summed E-state index contributed by atoms with van der Waals surface area (Å²) in [5.74, 6) is 0.0971. The average Bonchev–Trinajstić information content (AvgIpc) is 2.72. The van der Waals surface area contributed by atoms with Gasteiger partial charge in [-0.2, -0.15) is 0 Å². The fraction of sp³-hybridized carbons (Fsp3) is 0.462. The second-order valence-corrected chi connectivity index (χ2v) is 5.10. The Kier molecular flexibility index (Phi) is 3.40. The van der Waals surface area contributed by atoms with Crippen molar-refractivity contribution in [1.29, 1.82) is 0 Å². The first-order valence-corrected chi connectivity index (χ1v) is 6.02. The van der Waals surface area contributed by atoms with Gasteiger partial charge in [-0.15, -0.1) is 0 Å². The Morgan fingerprint density at radius 1 is 1.59 bits per heavy atom. The van der Waals surface area contributed by atoms with Crippen LogP contribution in [0.1, 0.15) is 24.8 Å².